The summed E-state index contributed by atoms with van der Waals surface area (Å²) in [6.45, 7) is 3.60. The Morgan fingerprint density at radius 1 is 1.63 bits per heavy atom. The van der Waals surface area contributed by atoms with Crippen LogP contribution in [-0.2, 0) is 16.1 Å². The zero-order valence-electron chi connectivity index (χ0n) is 11.6. The van der Waals surface area contributed by atoms with E-state index in [2.05, 4.69) is 20.2 Å². The number of hydrogen-bond donors (Lipinski definition) is 2. The number of aromatic nitrogens is 2. The molecule has 1 aliphatic rings. The predicted molar refractivity (Wildman–Crippen MR) is 71.7 cm³/mol. The molecule has 19 heavy (non-hydrogen) atoms. The summed E-state index contributed by atoms with van der Waals surface area (Å²) in [4.78, 5) is 15.9. The van der Waals surface area contributed by atoms with Crippen molar-refractivity contribution in [3.8, 4) is 0 Å². The van der Waals surface area contributed by atoms with Gasteiger partial charge in [-0.3, -0.25) is 4.79 Å². The molecule has 1 saturated carbocycles. The lowest BCUT2D eigenvalue weighted by molar-refractivity contribution is -0.123. The Morgan fingerprint density at radius 2 is 2.42 bits per heavy atom. The first-order chi connectivity index (χ1) is 9.22. The number of nitrogens with one attached hydrogen (secondary N) is 2. The topological polar surface area (TPSA) is 68.2 Å². The standard InChI is InChI=1S/C13H22N4O2/c1-10(13(18)15-5-6-19-2)16-8-12-7-14-9-17(12)11-3-4-11/h7,9-11,16H,3-6,8H2,1-2H3,(H,15,18). The molecule has 6 nitrogen and oxygen atoms in total. The van der Waals surface area contributed by atoms with Gasteiger partial charge in [0.05, 0.1) is 24.7 Å². The van der Waals surface area contributed by atoms with Crippen LogP contribution in [0.4, 0.5) is 0 Å². The lowest BCUT2D eigenvalue weighted by Gasteiger charge is -2.14. The van der Waals surface area contributed by atoms with Crippen LogP contribution in [-0.4, -0.2) is 41.8 Å². The molecule has 0 bridgehead atoms. The highest BCUT2D eigenvalue weighted by Gasteiger charge is 2.25. The van der Waals surface area contributed by atoms with Gasteiger partial charge in [-0.25, -0.2) is 4.98 Å². The monoisotopic (exact) mass is 266 g/mol. The summed E-state index contributed by atoms with van der Waals surface area (Å²) in [5.74, 6) is -0.00506. The van der Waals surface area contributed by atoms with Crippen molar-refractivity contribution in [1.29, 1.82) is 0 Å². The van der Waals surface area contributed by atoms with Gasteiger partial charge in [0.1, 0.15) is 0 Å². The summed E-state index contributed by atoms with van der Waals surface area (Å²) >= 11 is 0. The summed E-state index contributed by atoms with van der Waals surface area (Å²) in [5, 5.41) is 6.04. The van der Waals surface area contributed by atoms with Crippen LogP contribution in [0, 0.1) is 0 Å². The maximum absolute atomic E-state index is 11.8. The number of ether oxygens (including phenoxy) is 1. The molecule has 0 aromatic carbocycles. The molecule has 1 fully saturated rings. The van der Waals surface area contributed by atoms with E-state index >= 15 is 0 Å². The normalized spacial score (nSPS) is 16.3. The van der Waals surface area contributed by atoms with Gasteiger partial charge in [-0.15, -0.1) is 0 Å². The maximum Gasteiger partial charge on any atom is 0.236 e. The van der Waals surface area contributed by atoms with Gasteiger partial charge in [0, 0.05) is 32.4 Å². The summed E-state index contributed by atoms with van der Waals surface area (Å²) in [6, 6.07) is 0.393. The highest BCUT2D eigenvalue weighted by atomic mass is 16.5. The van der Waals surface area contributed by atoms with Crippen molar-refractivity contribution in [2.24, 2.45) is 0 Å². The van der Waals surface area contributed by atoms with E-state index in [9.17, 15) is 4.79 Å². The largest absolute Gasteiger partial charge is 0.383 e. The van der Waals surface area contributed by atoms with E-state index < -0.39 is 0 Å². The van der Waals surface area contributed by atoms with Crippen molar-refractivity contribution in [2.75, 3.05) is 20.3 Å². The number of rotatable bonds is 8. The van der Waals surface area contributed by atoms with Gasteiger partial charge in [-0.05, 0) is 19.8 Å². The van der Waals surface area contributed by atoms with Gasteiger partial charge in [-0.1, -0.05) is 0 Å². The number of hydrogen-bond acceptors (Lipinski definition) is 4. The van der Waals surface area contributed by atoms with Gasteiger partial charge in [0.2, 0.25) is 5.91 Å². The summed E-state index contributed by atoms with van der Waals surface area (Å²) < 4.78 is 7.09. The Morgan fingerprint density at radius 3 is 3.11 bits per heavy atom. The van der Waals surface area contributed by atoms with Crippen molar-refractivity contribution in [2.45, 2.75) is 38.4 Å². The maximum atomic E-state index is 11.8. The van der Waals surface area contributed by atoms with Gasteiger partial charge in [0.15, 0.2) is 0 Å². The highest BCUT2D eigenvalue weighted by molar-refractivity contribution is 5.81. The fourth-order valence-electron chi connectivity index (χ4n) is 1.93. The zero-order chi connectivity index (χ0) is 13.7. The second-order valence-corrected chi connectivity index (χ2v) is 4.91. The van der Waals surface area contributed by atoms with E-state index in [0.717, 1.165) is 5.69 Å². The van der Waals surface area contributed by atoms with Crippen LogP contribution >= 0.6 is 0 Å². The molecule has 1 atom stereocenters. The first-order valence-corrected chi connectivity index (χ1v) is 6.73. The van der Waals surface area contributed by atoms with Gasteiger partial charge in [-0.2, -0.15) is 0 Å². The Kier molecular flexibility index (Phi) is 4.93. The molecule has 0 radical (unpaired) electrons. The van der Waals surface area contributed by atoms with Gasteiger partial charge < -0.3 is 19.9 Å². The van der Waals surface area contributed by atoms with Crippen molar-refractivity contribution in [1.82, 2.24) is 20.2 Å². The molecule has 0 aliphatic heterocycles. The molecule has 2 N–H and O–H groups in total. The van der Waals surface area contributed by atoms with E-state index in [-0.39, 0.29) is 11.9 Å². The third-order valence-corrected chi connectivity index (χ3v) is 3.27. The molecule has 1 amide bonds. The molecule has 1 aromatic rings. The number of carbonyl (C=O) groups is 1. The van der Waals surface area contributed by atoms with E-state index in [1.807, 2.05) is 19.4 Å². The lowest BCUT2D eigenvalue weighted by atomic mass is 10.3. The van der Waals surface area contributed by atoms with Crippen LogP contribution in [0.15, 0.2) is 12.5 Å². The first kappa shape index (κ1) is 14.0. The van der Waals surface area contributed by atoms with Crippen LogP contribution in [0.1, 0.15) is 31.5 Å². The Bertz CT molecular complexity index is 415. The number of methoxy groups -OCH3 is 1. The predicted octanol–water partition coefficient (Wildman–Crippen LogP) is 0.459. The fourth-order valence-corrected chi connectivity index (χ4v) is 1.93. The molecule has 1 aromatic heterocycles. The number of imidazole rings is 1. The molecule has 1 unspecified atom stereocenters. The minimum Gasteiger partial charge on any atom is -0.383 e. The summed E-state index contributed by atoms with van der Waals surface area (Å²) in [6.07, 6.45) is 6.20. The number of amides is 1. The van der Waals surface area contributed by atoms with Crippen LogP contribution in [0.3, 0.4) is 0 Å². The average Bonchev–Trinajstić information content (AvgIpc) is 3.15. The average molecular weight is 266 g/mol. The molecule has 2 rings (SSSR count). The Hall–Kier alpha value is -1.40. The Balaban J connectivity index is 1.74. The van der Waals surface area contributed by atoms with Crippen LogP contribution in [0.2, 0.25) is 0 Å². The van der Waals surface area contributed by atoms with Crippen molar-refractivity contribution < 1.29 is 9.53 Å². The first-order valence-electron chi connectivity index (χ1n) is 6.73. The minimum absolute atomic E-state index is 0.00506. The van der Waals surface area contributed by atoms with E-state index in [1.54, 1.807) is 7.11 Å². The second-order valence-electron chi connectivity index (χ2n) is 4.91. The molecular weight excluding hydrogens is 244 g/mol. The Labute approximate surface area is 113 Å². The van der Waals surface area contributed by atoms with Crippen LogP contribution in [0.5, 0.6) is 0 Å². The number of nitrogens with zero attached hydrogens (tertiary/aromatic N) is 2. The molecule has 1 heterocycles. The third-order valence-electron chi connectivity index (χ3n) is 3.27. The summed E-state index contributed by atoms with van der Waals surface area (Å²) in [7, 11) is 1.62. The quantitative estimate of drug-likeness (QED) is 0.671. The molecular formula is C13H22N4O2. The number of carbonyl (C=O) groups excluding carboxylic acids is 1. The van der Waals surface area contributed by atoms with Crippen LogP contribution < -0.4 is 10.6 Å². The SMILES string of the molecule is COCCNC(=O)C(C)NCc1cncn1C1CC1. The highest BCUT2D eigenvalue weighted by Crippen LogP contribution is 2.35. The smallest absolute Gasteiger partial charge is 0.236 e. The molecule has 0 saturated heterocycles. The van der Waals surface area contributed by atoms with Crippen molar-refractivity contribution in [3.63, 3.8) is 0 Å². The molecule has 0 spiro atoms. The molecule has 6 heteroatoms. The van der Waals surface area contributed by atoms with Crippen LogP contribution in [0.25, 0.3) is 0 Å². The van der Waals surface area contributed by atoms with E-state index in [4.69, 9.17) is 4.74 Å². The van der Waals surface area contributed by atoms with Crippen molar-refractivity contribution >= 4 is 5.91 Å². The summed E-state index contributed by atoms with van der Waals surface area (Å²) in [5.41, 5.74) is 1.14. The minimum atomic E-state index is -0.223. The van der Waals surface area contributed by atoms with E-state index in [0.29, 0.717) is 25.7 Å². The fraction of sp³-hybridized carbons (Fsp3) is 0.692. The second kappa shape index (κ2) is 6.68. The van der Waals surface area contributed by atoms with E-state index in [1.165, 1.54) is 12.8 Å². The third kappa shape index (κ3) is 4.04. The lowest BCUT2D eigenvalue weighted by Crippen LogP contribution is -2.43. The van der Waals surface area contributed by atoms with Gasteiger partial charge in [0.25, 0.3) is 0 Å². The molecule has 106 valence electrons. The molecule has 1 aliphatic carbocycles. The van der Waals surface area contributed by atoms with Gasteiger partial charge >= 0.3 is 0 Å². The zero-order valence-corrected chi connectivity index (χ0v) is 11.6. The van der Waals surface area contributed by atoms with Crippen molar-refractivity contribution in [3.05, 3.63) is 18.2 Å².